The van der Waals surface area contributed by atoms with Gasteiger partial charge in [-0.3, -0.25) is 4.79 Å². The molecule has 2 amide bonds. The third kappa shape index (κ3) is 5.04. The Bertz CT molecular complexity index is 1480. The van der Waals surface area contributed by atoms with Gasteiger partial charge in [-0.15, -0.1) is 0 Å². The monoisotopic (exact) mass is 540 g/mol. The smallest absolute Gasteiger partial charge is 0.408 e. The van der Waals surface area contributed by atoms with Gasteiger partial charge in [-0.25, -0.2) is 27.2 Å². The van der Waals surface area contributed by atoms with Crippen LogP contribution in [0.3, 0.4) is 0 Å². The number of alkyl carbamates (subject to hydrolysis) is 1. The molecule has 3 aromatic rings. The zero-order valence-electron chi connectivity index (χ0n) is 21.8. The number of carbonyl (C=O) groups excluding carboxylic acids is 2. The average Bonchev–Trinajstić information content (AvgIpc) is 3.41. The number of amides is 2. The highest BCUT2D eigenvalue weighted by Crippen LogP contribution is 2.31. The van der Waals surface area contributed by atoms with E-state index in [9.17, 15) is 18.0 Å². The van der Waals surface area contributed by atoms with E-state index in [2.05, 4.69) is 20.6 Å². The van der Waals surface area contributed by atoms with Crippen molar-refractivity contribution in [2.75, 3.05) is 11.9 Å². The summed E-state index contributed by atoms with van der Waals surface area (Å²) in [7, 11) is -3.83. The van der Waals surface area contributed by atoms with Crippen molar-refractivity contribution in [1.82, 2.24) is 24.2 Å². The van der Waals surface area contributed by atoms with Crippen LogP contribution in [0.5, 0.6) is 0 Å². The van der Waals surface area contributed by atoms with Crippen molar-refractivity contribution in [3.05, 3.63) is 48.4 Å². The molecule has 0 saturated carbocycles. The number of nitrogens with one attached hydrogen (secondary N) is 2. The first-order valence-corrected chi connectivity index (χ1v) is 14.1. The van der Waals surface area contributed by atoms with Gasteiger partial charge in [0.2, 0.25) is 5.91 Å². The summed E-state index contributed by atoms with van der Waals surface area (Å²) in [5.41, 5.74) is 0.596. The van der Waals surface area contributed by atoms with E-state index in [1.807, 2.05) is 6.92 Å². The first-order valence-electron chi connectivity index (χ1n) is 12.6. The lowest BCUT2D eigenvalue weighted by molar-refractivity contribution is -0.131. The molecule has 2 N–H and O–H groups in total. The SMILES string of the molecule is Cc1ccc(S(=O)(=O)n2ccc3c(N[C@H]4CC[C@H]5C[C@H](NC(=O)OC(C)(C)C)C(=O)N5C4)ncnc32)cc1. The minimum atomic E-state index is -3.83. The Kier molecular flexibility index (Phi) is 6.54. The van der Waals surface area contributed by atoms with Gasteiger partial charge in [-0.1, -0.05) is 17.7 Å². The maximum absolute atomic E-state index is 13.3. The number of hydrogen-bond donors (Lipinski definition) is 2. The number of aromatic nitrogens is 3. The molecule has 0 bridgehead atoms. The number of piperidine rings is 1. The summed E-state index contributed by atoms with van der Waals surface area (Å²) < 4.78 is 33.0. The van der Waals surface area contributed by atoms with Crippen molar-refractivity contribution in [2.45, 2.75) is 75.6 Å². The Hall–Kier alpha value is -3.67. The topological polar surface area (TPSA) is 136 Å². The number of anilines is 1. The van der Waals surface area contributed by atoms with Crippen LogP contribution in [0.2, 0.25) is 0 Å². The summed E-state index contributed by atoms with van der Waals surface area (Å²) in [6, 6.07) is 7.68. The van der Waals surface area contributed by atoms with Gasteiger partial charge in [0.25, 0.3) is 10.0 Å². The van der Waals surface area contributed by atoms with E-state index >= 15 is 0 Å². The van der Waals surface area contributed by atoms with Crippen LogP contribution in [0.4, 0.5) is 10.6 Å². The molecule has 38 heavy (non-hydrogen) atoms. The van der Waals surface area contributed by atoms with E-state index in [1.54, 1.807) is 56.0 Å². The predicted octanol–water partition coefficient (Wildman–Crippen LogP) is 3.05. The Morgan fingerprint density at radius 3 is 2.55 bits per heavy atom. The zero-order chi connectivity index (χ0) is 27.2. The van der Waals surface area contributed by atoms with Gasteiger partial charge >= 0.3 is 6.09 Å². The Labute approximate surface area is 221 Å². The Morgan fingerprint density at radius 2 is 1.84 bits per heavy atom. The third-order valence-electron chi connectivity index (χ3n) is 6.85. The molecule has 1 aromatic carbocycles. The second-order valence-corrected chi connectivity index (χ2v) is 12.7. The fourth-order valence-corrected chi connectivity index (χ4v) is 6.36. The fraction of sp³-hybridized carbons (Fsp3) is 0.462. The van der Waals surface area contributed by atoms with Gasteiger partial charge in [-0.05, 0) is 65.2 Å². The predicted molar refractivity (Wildman–Crippen MR) is 141 cm³/mol. The highest BCUT2D eigenvalue weighted by molar-refractivity contribution is 7.90. The molecular formula is C26H32N6O5S. The van der Waals surface area contributed by atoms with Crippen LogP contribution in [-0.4, -0.2) is 69.5 Å². The number of fused-ring (bicyclic) bond motifs is 2. The largest absolute Gasteiger partial charge is 0.444 e. The summed E-state index contributed by atoms with van der Waals surface area (Å²) in [6.07, 6.45) is 4.32. The van der Waals surface area contributed by atoms with Gasteiger partial charge in [-0.2, -0.15) is 0 Å². The standard InChI is InChI=1S/C26H32N6O5S/c1-16-5-9-19(10-6-16)38(35,36)32-12-11-20-22(27-15-28-23(20)32)29-17-7-8-18-13-21(24(33)31(18)14-17)30-25(34)37-26(2,3)4/h5-6,9-12,15,17-18,21H,7-8,13-14H2,1-4H3,(H,30,34)(H,27,28,29)/t17-,18-,21-/m0/s1. The van der Waals surface area contributed by atoms with Crippen LogP contribution in [0.25, 0.3) is 11.0 Å². The van der Waals surface area contributed by atoms with Crippen molar-refractivity contribution in [3.63, 3.8) is 0 Å². The lowest BCUT2D eigenvalue weighted by Crippen LogP contribution is -2.49. The van der Waals surface area contributed by atoms with Crippen molar-refractivity contribution >= 4 is 38.9 Å². The van der Waals surface area contributed by atoms with E-state index in [0.29, 0.717) is 24.2 Å². The number of benzene rings is 1. The molecule has 0 spiro atoms. The molecular weight excluding hydrogens is 508 g/mol. The van der Waals surface area contributed by atoms with Crippen LogP contribution < -0.4 is 10.6 Å². The van der Waals surface area contributed by atoms with Crippen molar-refractivity contribution in [1.29, 1.82) is 0 Å². The van der Waals surface area contributed by atoms with Gasteiger partial charge in [0, 0.05) is 24.8 Å². The third-order valence-corrected chi connectivity index (χ3v) is 8.53. The van der Waals surface area contributed by atoms with E-state index in [4.69, 9.17) is 4.74 Å². The molecule has 3 atom stereocenters. The van der Waals surface area contributed by atoms with Crippen LogP contribution in [0, 0.1) is 6.92 Å². The van der Waals surface area contributed by atoms with E-state index in [1.165, 1.54) is 12.5 Å². The van der Waals surface area contributed by atoms with E-state index in [0.717, 1.165) is 22.4 Å². The normalized spacial score (nSPS) is 21.8. The van der Waals surface area contributed by atoms with Crippen LogP contribution in [0.15, 0.2) is 47.8 Å². The first-order chi connectivity index (χ1) is 17.9. The molecule has 0 radical (unpaired) electrons. The quantitative estimate of drug-likeness (QED) is 0.504. The molecule has 202 valence electrons. The molecule has 11 nitrogen and oxygen atoms in total. The van der Waals surface area contributed by atoms with Gasteiger partial charge in [0.1, 0.15) is 23.8 Å². The van der Waals surface area contributed by atoms with Crippen molar-refractivity contribution in [3.8, 4) is 0 Å². The summed E-state index contributed by atoms with van der Waals surface area (Å²) in [6.45, 7) is 7.67. The molecule has 12 heteroatoms. The van der Waals surface area contributed by atoms with E-state index in [-0.39, 0.29) is 28.5 Å². The molecule has 2 aliphatic rings. The zero-order valence-corrected chi connectivity index (χ0v) is 22.7. The summed E-state index contributed by atoms with van der Waals surface area (Å²) in [5, 5.41) is 6.67. The molecule has 0 unspecified atom stereocenters. The number of rotatable bonds is 5. The molecule has 2 aromatic heterocycles. The Balaban J connectivity index is 1.30. The van der Waals surface area contributed by atoms with Gasteiger partial charge < -0.3 is 20.3 Å². The number of carbonyl (C=O) groups is 2. The van der Waals surface area contributed by atoms with Gasteiger partial charge in [0.15, 0.2) is 5.65 Å². The van der Waals surface area contributed by atoms with Crippen LogP contribution >= 0.6 is 0 Å². The summed E-state index contributed by atoms with van der Waals surface area (Å²) in [5.74, 6) is 0.377. The minimum absolute atomic E-state index is 0.0478. The number of ether oxygens (including phenoxy) is 1. The first kappa shape index (κ1) is 26.0. The van der Waals surface area contributed by atoms with Crippen LogP contribution in [0.1, 0.15) is 45.6 Å². The highest BCUT2D eigenvalue weighted by Gasteiger charge is 2.44. The second-order valence-electron chi connectivity index (χ2n) is 10.9. The van der Waals surface area contributed by atoms with Crippen molar-refractivity contribution < 1.29 is 22.7 Å². The number of aryl methyl sites for hydroxylation is 1. The fourth-order valence-electron chi connectivity index (χ4n) is 5.06. The number of nitrogens with zero attached hydrogens (tertiary/aromatic N) is 4. The Morgan fingerprint density at radius 1 is 1.11 bits per heavy atom. The molecule has 2 saturated heterocycles. The maximum atomic E-state index is 13.3. The minimum Gasteiger partial charge on any atom is -0.444 e. The van der Waals surface area contributed by atoms with E-state index < -0.39 is 27.8 Å². The molecule has 2 fully saturated rings. The van der Waals surface area contributed by atoms with Crippen molar-refractivity contribution in [2.24, 2.45) is 0 Å². The van der Waals surface area contributed by atoms with Crippen LogP contribution in [-0.2, 0) is 19.6 Å². The molecule has 2 aliphatic heterocycles. The summed E-state index contributed by atoms with van der Waals surface area (Å²) in [4.78, 5) is 35.8. The second kappa shape index (κ2) is 9.57. The molecule has 5 rings (SSSR count). The average molecular weight is 541 g/mol. The summed E-state index contributed by atoms with van der Waals surface area (Å²) >= 11 is 0. The molecule has 0 aliphatic carbocycles. The lowest BCUT2D eigenvalue weighted by atomic mass is 9.98. The maximum Gasteiger partial charge on any atom is 0.408 e. The molecule has 4 heterocycles. The highest BCUT2D eigenvalue weighted by atomic mass is 32.2. The van der Waals surface area contributed by atoms with Gasteiger partial charge in [0.05, 0.1) is 10.3 Å². The number of hydrogen-bond acceptors (Lipinski definition) is 8. The lowest BCUT2D eigenvalue weighted by Gasteiger charge is -2.35.